The summed E-state index contributed by atoms with van der Waals surface area (Å²) in [5.74, 6) is -0.828. The van der Waals surface area contributed by atoms with Crippen LogP contribution >= 0.6 is 0 Å². The highest BCUT2D eigenvalue weighted by Crippen LogP contribution is 2.40. The van der Waals surface area contributed by atoms with Crippen LogP contribution in [0.25, 0.3) is 22.3 Å². The number of anilines is 1. The molecule has 4 rings (SSSR count). The van der Waals surface area contributed by atoms with Crippen molar-refractivity contribution in [2.45, 2.75) is 13.1 Å². The SMILES string of the molecule is Cc1ccc(NC(=O)COc2cc(C(F)(F)F)c3c(-c4ccccc4)nn(C)c3n2)cc1. The van der Waals surface area contributed by atoms with Crippen LogP contribution in [0.3, 0.4) is 0 Å². The molecule has 0 aliphatic heterocycles. The van der Waals surface area contributed by atoms with Gasteiger partial charge < -0.3 is 10.1 Å². The molecule has 0 aliphatic carbocycles. The van der Waals surface area contributed by atoms with Gasteiger partial charge in [-0.15, -0.1) is 0 Å². The fraction of sp³-hybridized carbons (Fsp3) is 0.174. The average molecular weight is 440 g/mol. The molecule has 0 spiro atoms. The van der Waals surface area contributed by atoms with Crippen LogP contribution in [0.1, 0.15) is 11.1 Å². The van der Waals surface area contributed by atoms with E-state index < -0.39 is 24.3 Å². The van der Waals surface area contributed by atoms with Gasteiger partial charge in [0.1, 0.15) is 5.69 Å². The third-order valence-electron chi connectivity index (χ3n) is 4.81. The first kappa shape index (κ1) is 21.4. The van der Waals surface area contributed by atoms with Gasteiger partial charge in [-0.3, -0.25) is 4.79 Å². The Morgan fingerprint density at radius 2 is 1.78 bits per heavy atom. The number of aryl methyl sites for hydroxylation is 2. The van der Waals surface area contributed by atoms with Crippen LogP contribution in [0.5, 0.6) is 5.88 Å². The van der Waals surface area contributed by atoms with Gasteiger partial charge >= 0.3 is 6.18 Å². The number of halogens is 3. The van der Waals surface area contributed by atoms with E-state index in [4.69, 9.17) is 4.74 Å². The van der Waals surface area contributed by atoms with E-state index >= 15 is 0 Å². The van der Waals surface area contributed by atoms with Crippen LogP contribution in [0.2, 0.25) is 0 Å². The zero-order valence-corrected chi connectivity index (χ0v) is 17.3. The van der Waals surface area contributed by atoms with E-state index in [0.717, 1.165) is 11.6 Å². The summed E-state index contributed by atoms with van der Waals surface area (Å²) in [5.41, 5.74) is 1.38. The number of ether oxygens (including phenoxy) is 1. The average Bonchev–Trinajstić information content (AvgIpc) is 3.10. The maximum absolute atomic E-state index is 13.9. The molecular formula is C23H19F3N4O2. The van der Waals surface area contributed by atoms with Gasteiger partial charge in [0.25, 0.3) is 5.91 Å². The fourth-order valence-corrected chi connectivity index (χ4v) is 3.29. The largest absolute Gasteiger partial charge is 0.467 e. The molecule has 4 aromatic rings. The molecule has 9 heteroatoms. The number of rotatable bonds is 5. The summed E-state index contributed by atoms with van der Waals surface area (Å²) < 4.78 is 48.3. The van der Waals surface area contributed by atoms with Gasteiger partial charge in [0, 0.05) is 24.4 Å². The van der Waals surface area contributed by atoms with Gasteiger partial charge in [-0.05, 0) is 19.1 Å². The van der Waals surface area contributed by atoms with Crippen molar-refractivity contribution in [3.8, 4) is 17.1 Å². The van der Waals surface area contributed by atoms with E-state index in [1.54, 1.807) is 42.5 Å². The summed E-state index contributed by atoms with van der Waals surface area (Å²) >= 11 is 0. The number of amides is 1. The highest BCUT2D eigenvalue weighted by Gasteiger charge is 2.36. The van der Waals surface area contributed by atoms with Crippen LogP contribution in [-0.2, 0) is 18.0 Å². The second-order valence-corrected chi connectivity index (χ2v) is 7.25. The monoisotopic (exact) mass is 440 g/mol. The number of alkyl halides is 3. The van der Waals surface area contributed by atoms with Crippen molar-refractivity contribution in [1.82, 2.24) is 14.8 Å². The number of aromatic nitrogens is 3. The van der Waals surface area contributed by atoms with E-state index in [2.05, 4.69) is 15.4 Å². The molecule has 2 aromatic heterocycles. The standard InChI is InChI=1S/C23H19F3N4O2/c1-14-8-10-16(11-9-14)27-18(31)13-32-19-12-17(23(24,25)26)20-21(15-6-4-3-5-7-15)29-30(2)22(20)28-19/h3-12H,13H2,1-2H3,(H,27,31). The molecule has 1 N–H and O–H groups in total. The topological polar surface area (TPSA) is 69.0 Å². The van der Waals surface area contributed by atoms with Gasteiger partial charge in [-0.25, -0.2) is 4.68 Å². The van der Waals surface area contributed by atoms with Gasteiger partial charge in [-0.1, -0.05) is 48.0 Å². The van der Waals surface area contributed by atoms with Gasteiger partial charge in [0.2, 0.25) is 5.88 Å². The molecule has 0 fully saturated rings. The summed E-state index contributed by atoms with van der Waals surface area (Å²) in [6.45, 7) is 1.42. The molecule has 0 saturated carbocycles. The summed E-state index contributed by atoms with van der Waals surface area (Å²) in [5, 5.41) is 6.76. The minimum atomic E-state index is -4.67. The molecule has 0 aliphatic rings. The Morgan fingerprint density at radius 3 is 2.44 bits per heavy atom. The molecule has 0 unspecified atom stereocenters. The number of hydrogen-bond acceptors (Lipinski definition) is 4. The predicted octanol–water partition coefficient (Wildman–Crippen LogP) is 4.98. The lowest BCUT2D eigenvalue weighted by atomic mass is 10.0. The number of carbonyl (C=O) groups excluding carboxylic acids is 1. The van der Waals surface area contributed by atoms with Crippen LogP contribution in [0.15, 0.2) is 60.7 Å². The van der Waals surface area contributed by atoms with E-state index in [1.165, 1.54) is 11.7 Å². The normalized spacial score (nSPS) is 11.5. The number of pyridine rings is 1. The molecule has 2 heterocycles. The molecule has 2 aromatic carbocycles. The molecule has 6 nitrogen and oxygen atoms in total. The van der Waals surface area contributed by atoms with E-state index in [9.17, 15) is 18.0 Å². The molecule has 1 amide bonds. The quantitative estimate of drug-likeness (QED) is 0.475. The number of benzene rings is 2. The summed E-state index contributed by atoms with van der Waals surface area (Å²) in [7, 11) is 1.51. The predicted molar refractivity (Wildman–Crippen MR) is 114 cm³/mol. The Bertz CT molecular complexity index is 1270. The third-order valence-corrected chi connectivity index (χ3v) is 4.81. The van der Waals surface area contributed by atoms with E-state index in [1.807, 2.05) is 19.1 Å². The minimum Gasteiger partial charge on any atom is -0.467 e. The van der Waals surface area contributed by atoms with Gasteiger partial charge in [0.05, 0.1) is 10.9 Å². The first-order chi connectivity index (χ1) is 15.2. The third kappa shape index (κ3) is 4.41. The number of fused-ring (bicyclic) bond motifs is 1. The Balaban J connectivity index is 1.65. The summed E-state index contributed by atoms with van der Waals surface area (Å²) in [4.78, 5) is 16.4. The number of nitrogens with zero attached hydrogens (tertiary/aromatic N) is 3. The van der Waals surface area contributed by atoms with Crippen LogP contribution in [-0.4, -0.2) is 27.3 Å². The van der Waals surface area contributed by atoms with Crippen molar-refractivity contribution in [1.29, 1.82) is 0 Å². The lowest BCUT2D eigenvalue weighted by molar-refractivity contribution is -0.136. The number of hydrogen-bond donors (Lipinski definition) is 1. The Morgan fingerprint density at radius 1 is 1.09 bits per heavy atom. The molecule has 164 valence electrons. The number of carbonyl (C=O) groups is 1. The van der Waals surface area contributed by atoms with Crippen molar-refractivity contribution >= 4 is 22.6 Å². The summed E-state index contributed by atoms with van der Waals surface area (Å²) in [6, 6.07) is 16.5. The fourth-order valence-electron chi connectivity index (χ4n) is 3.29. The van der Waals surface area contributed by atoms with Crippen LogP contribution < -0.4 is 10.1 Å². The smallest absolute Gasteiger partial charge is 0.417 e. The Labute approximate surface area is 181 Å². The highest BCUT2D eigenvalue weighted by atomic mass is 19.4. The second-order valence-electron chi connectivity index (χ2n) is 7.25. The second kappa shape index (κ2) is 8.33. The molecule has 0 radical (unpaired) electrons. The maximum Gasteiger partial charge on any atom is 0.417 e. The lowest BCUT2D eigenvalue weighted by Crippen LogP contribution is -2.20. The first-order valence-corrected chi connectivity index (χ1v) is 9.72. The van der Waals surface area contributed by atoms with Crippen LogP contribution in [0.4, 0.5) is 18.9 Å². The van der Waals surface area contributed by atoms with E-state index in [0.29, 0.717) is 11.3 Å². The zero-order chi connectivity index (χ0) is 22.9. The minimum absolute atomic E-state index is 0.00706. The van der Waals surface area contributed by atoms with Crippen molar-refractivity contribution in [2.75, 3.05) is 11.9 Å². The Kier molecular flexibility index (Phi) is 5.56. The number of nitrogens with one attached hydrogen (secondary N) is 1. The lowest BCUT2D eigenvalue weighted by Gasteiger charge is -2.12. The summed E-state index contributed by atoms with van der Waals surface area (Å²) in [6.07, 6.45) is -4.67. The van der Waals surface area contributed by atoms with Crippen molar-refractivity contribution < 1.29 is 22.7 Å². The van der Waals surface area contributed by atoms with Gasteiger partial charge in [-0.2, -0.15) is 23.3 Å². The van der Waals surface area contributed by atoms with Crippen molar-refractivity contribution in [3.05, 3.63) is 71.8 Å². The maximum atomic E-state index is 13.9. The molecule has 0 bridgehead atoms. The van der Waals surface area contributed by atoms with Crippen LogP contribution in [0, 0.1) is 6.92 Å². The Hall–Kier alpha value is -3.88. The molecular weight excluding hydrogens is 421 g/mol. The van der Waals surface area contributed by atoms with Crippen molar-refractivity contribution in [3.63, 3.8) is 0 Å². The zero-order valence-electron chi connectivity index (χ0n) is 17.3. The molecule has 0 saturated heterocycles. The van der Waals surface area contributed by atoms with Crippen molar-refractivity contribution in [2.24, 2.45) is 7.05 Å². The first-order valence-electron chi connectivity index (χ1n) is 9.72. The molecule has 0 atom stereocenters. The molecule has 32 heavy (non-hydrogen) atoms. The van der Waals surface area contributed by atoms with E-state index in [-0.39, 0.29) is 22.6 Å². The van der Waals surface area contributed by atoms with Gasteiger partial charge in [0.15, 0.2) is 12.3 Å². The highest BCUT2D eigenvalue weighted by molar-refractivity contribution is 5.95.